The van der Waals surface area contributed by atoms with E-state index in [1.807, 2.05) is 18.2 Å². The predicted octanol–water partition coefficient (Wildman–Crippen LogP) is 2.29. The van der Waals surface area contributed by atoms with E-state index in [1.165, 1.54) is 10.8 Å². The highest BCUT2D eigenvalue weighted by Crippen LogP contribution is 2.24. The first kappa shape index (κ1) is 15.7. The van der Waals surface area contributed by atoms with Crippen molar-refractivity contribution in [3.05, 3.63) is 54.4 Å². The van der Waals surface area contributed by atoms with Gasteiger partial charge in [0, 0.05) is 12.1 Å². The van der Waals surface area contributed by atoms with E-state index in [9.17, 15) is 0 Å². The Balaban J connectivity index is 1.82. The minimum atomic E-state index is -0.0287. The minimum Gasteiger partial charge on any atom is -0.382 e. The summed E-state index contributed by atoms with van der Waals surface area (Å²) in [4.78, 5) is 8.94. The number of guanidine groups is 1. The van der Waals surface area contributed by atoms with Crippen LogP contribution in [0.15, 0.2) is 48.7 Å². The summed E-state index contributed by atoms with van der Waals surface area (Å²) in [6.45, 7) is 0.608. The summed E-state index contributed by atoms with van der Waals surface area (Å²) in [6, 6.07) is 14.4. The summed E-state index contributed by atoms with van der Waals surface area (Å²) in [7, 11) is 0. The summed E-state index contributed by atoms with van der Waals surface area (Å²) in [5.74, 6) is 0.418. The van der Waals surface area contributed by atoms with Crippen LogP contribution in [0.5, 0.6) is 0 Å². The number of nitrogens with zero attached hydrogens (tertiary/aromatic N) is 2. The van der Waals surface area contributed by atoms with Crippen LogP contribution < -0.4 is 16.8 Å². The molecule has 3 rings (SSSR count). The van der Waals surface area contributed by atoms with Crippen molar-refractivity contribution in [1.82, 2.24) is 15.3 Å². The summed E-state index contributed by atoms with van der Waals surface area (Å²) in [5, 5.41) is 12.3. The molecule has 3 aromatic rings. The fourth-order valence-corrected chi connectivity index (χ4v) is 2.59. The average Bonchev–Trinajstić information content (AvgIpc) is 2.59. The van der Waals surface area contributed by atoms with Crippen molar-refractivity contribution in [2.75, 3.05) is 12.3 Å². The molecule has 0 saturated carbocycles. The molecule has 6 heteroatoms. The van der Waals surface area contributed by atoms with E-state index in [1.54, 1.807) is 6.20 Å². The second kappa shape index (κ2) is 6.95. The van der Waals surface area contributed by atoms with Crippen LogP contribution in [0.25, 0.3) is 22.0 Å². The van der Waals surface area contributed by atoms with Crippen molar-refractivity contribution in [2.45, 2.75) is 12.8 Å². The van der Waals surface area contributed by atoms with Crippen molar-refractivity contribution in [3.8, 4) is 11.3 Å². The molecule has 1 heterocycles. The normalized spacial score (nSPS) is 10.7. The standard InChI is InChI=1S/C18H20N6/c19-17-15(6-3-9-22-18(20)21)24-16(11-23-17)14-8-7-12-4-1-2-5-13(12)10-14/h1-2,4-5,7-8,10-11H,3,6,9H2,(H2,19,23)(H4,20,21,22). The van der Waals surface area contributed by atoms with Crippen molar-refractivity contribution >= 4 is 22.5 Å². The van der Waals surface area contributed by atoms with Crippen LogP contribution in [0.3, 0.4) is 0 Å². The number of aromatic nitrogens is 2. The fourth-order valence-electron chi connectivity index (χ4n) is 2.59. The molecule has 0 radical (unpaired) electrons. The third-order valence-corrected chi connectivity index (χ3v) is 3.83. The molecule has 0 amide bonds. The van der Waals surface area contributed by atoms with Gasteiger partial charge in [-0.3, -0.25) is 5.41 Å². The highest BCUT2D eigenvalue weighted by Gasteiger charge is 2.07. The zero-order chi connectivity index (χ0) is 16.9. The number of benzene rings is 2. The van der Waals surface area contributed by atoms with E-state index in [4.69, 9.17) is 16.9 Å². The van der Waals surface area contributed by atoms with Crippen LogP contribution in [0.2, 0.25) is 0 Å². The van der Waals surface area contributed by atoms with Gasteiger partial charge >= 0.3 is 0 Å². The van der Waals surface area contributed by atoms with Gasteiger partial charge in [-0.25, -0.2) is 9.97 Å². The molecule has 6 nitrogen and oxygen atoms in total. The number of hydrogen-bond donors (Lipinski definition) is 4. The van der Waals surface area contributed by atoms with Gasteiger partial charge in [0.2, 0.25) is 0 Å². The smallest absolute Gasteiger partial charge is 0.185 e. The Labute approximate surface area is 140 Å². The maximum Gasteiger partial charge on any atom is 0.185 e. The Bertz CT molecular complexity index is 874. The van der Waals surface area contributed by atoms with Crippen LogP contribution in [0, 0.1) is 5.41 Å². The Morgan fingerprint density at radius 3 is 2.71 bits per heavy atom. The molecule has 2 aromatic carbocycles. The van der Waals surface area contributed by atoms with Crippen LogP contribution in [-0.2, 0) is 6.42 Å². The molecule has 0 saturated heterocycles. The molecular weight excluding hydrogens is 300 g/mol. The predicted molar refractivity (Wildman–Crippen MR) is 97.6 cm³/mol. The monoisotopic (exact) mass is 320 g/mol. The number of fused-ring (bicyclic) bond motifs is 1. The number of aryl methyl sites for hydroxylation is 1. The summed E-state index contributed by atoms with van der Waals surface area (Å²) in [5.41, 5.74) is 13.8. The molecule has 0 aliphatic rings. The van der Waals surface area contributed by atoms with E-state index in [-0.39, 0.29) is 5.96 Å². The van der Waals surface area contributed by atoms with E-state index < -0.39 is 0 Å². The number of nitrogen functional groups attached to an aromatic ring is 1. The Morgan fingerprint density at radius 2 is 1.92 bits per heavy atom. The maximum atomic E-state index is 7.15. The topological polar surface area (TPSA) is 114 Å². The van der Waals surface area contributed by atoms with Gasteiger partial charge in [0.1, 0.15) is 5.82 Å². The fraction of sp³-hybridized carbons (Fsp3) is 0.167. The van der Waals surface area contributed by atoms with E-state index in [0.29, 0.717) is 18.8 Å². The lowest BCUT2D eigenvalue weighted by atomic mass is 10.1. The molecular formula is C18H20N6. The number of anilines is 1. The summed E-state index contributed by atoms with van der Waals surface area (Å²) < 4.78 is 0. The van der Waals surface area contributed by atoms with Crippen molar-refractivity contribution in [2.24, 2.45) is 5.73 Å². The van der Waals surface area contributed by atoms with Crippen LogP contribution in [0.4, 0.5) is 5.82 Å². The highest BCUT2D eigenvalue weighted by molar-refractivity contribution is 5.86. The average molecular weight is 320 g/mol. The molecule has 122 valence electrons. The summed E-state index contributed by atoms with van der Waals surface area (Å²) >= 11 is 0. The molecule has 0 fully saturated rings. The van der Waals surface area contributed by atoms with Gasteiger partial charge < -0.3 is 16.8 Å². The Hall–Kier alpha value is -3.15. The zero-order valence-corrected chi connectivity index (χ0v) is 13.3. The second-order valence-corrected chi connectivity index (χ2v) is 5.59. The van der Waals surface area contributed by atoms with E-state index >= 15 is 0 Å². The van der Waals surface area contributed by atoms with Crippen LogP contribution in [-0.4, -0.2) is 22.5 Å². The van der Waals surface area contributed by atoms with Gasteiger partial charge in [0.05, 0.1) is 17.6 Å². The molecule has 24 heavy (non-hydrogen) atoms. The van der Waals surface area contributed by atoms with Gasteiger partial charge in [-0.2, -0.15) is 0 Å². The SMILES string of the molecule is N=C(N)NCCCc1nc(-c2ccc3ccccc3c2)cnc1N. The van der Waals surface area contributed by atoms with Gasteiger partial charge in [0.15, 0.2) is 5.96 Å². The third kappa shape index (κ3) is 3.60. The molecule has 0 aliphatic heterocycles. The molecule has 0 spiro atoms. The lowest BCUT2D eigenvalue weighted by Crippen LogP contribution is -2.31. The summed E-state index contributed by atoms with van der Waals surface area (Å²) in [6.07, 6.45) is 3.16. The number of nitrogens with two attached hydrogens (primary N) is 2. The molecule has 0 aliphatic carbocycles. The lowest BCUT2D eigenvalue weighted by Gasteiger charge is -2.08. The maximum absolute atomic E-state index is 7.15. The quantitative estimate of drug-likeness (QED) is 0.327. The zero-order valence-electron chi connectivity index (χ0n) is 13.3. The molecule has 6 N–H and O–H groups in total. The third-order valence-electron chi connectivity index (χ3n) is 3.83. The first-order valence-corrected chi connectivity index (χ1v) is 7.82. The van der Waals surface area contributed by atoms with E-state index in [2.05, 4.69) is 39.6 Å². The first-order chi connectivity index (χ1) is 11.6. The largest absolute Gasteiger partial charge is 0.382 e. The molecule has 1 aromatic heterocycles. The Kier molecular flexibility index (Phi) is 4.56. The van der Waals surface area contributed by atoms with Gasteiger partial charge in [-0.05, 0) is 29.7 Å². The van der Waals surface area contributed by atoms with Gasteiger partial charge in [0.25, 0.3) is 0 Å². The number of rotatable bonds is 5. The molecule has 0 atom stereocenters. The number of hydrogen-bond acceptors (Lipinski definition) is 4. The minimum absolute atomic E-state index is 0.0287. The highest BCUT2D eigenvalue weighted by atomic mass is 15.0. The van der Waals surface area contributed by atoms with Crippen molar-refractivity contribution in [1.29, 1.82) is 5.41 Å². The van der Waals surface area contributed by atoms with E-state index in [0.717, 1.165) is 23.4 Å². The Morgan fingerprint density at radius 1 is 1.12 bits per heavy atom. The van der Waals surface area contributed by atoms with Crippen molar-refractivity contribution in [3.63, 3.8) is 0 Å². The van der Waals surface area contributed by atoms with Crippen molar-refractivity contribution < 1.29 is 0 Å². The number of nitrogens with one attached hydrogen (secondary N) is 2. The van der Waals surface area contributed by atoms with Gasteiger partial charge in [-0.15, -0.1) is 0 Å². The van der Waals surface area contributed by atoms with Crippen LogP contribution >= 0.6 is 0 Å². The lowest BCUT2D eigenvalue weighted by molar-refractivity contribution is 0.753. The first-order valence-electron chi connectivity index (χ1n) is 7.82. The van der Waals surface area contributed by atoms with Crippen LogP contribution in [0.1, 0.15) is 12.1 Å². The molecule has 0 unspecified atom stereocenters. The second-order valence-electron chi connectivity index (χ2n) is 5.59. The van der Waals surface area contributed by atoms with Gasteiger partial charge in [-0.1, -0.05) is 36.4 Å². The molecule has 0 bridgehead atoms.